The van der Waals surface area contributed by atoms with E-state index in [0.717, 1.165) is 12.1 Å². The quantitative estimate of drug-likeness (QED) is 0.797. The summed E-state index contributed by atoms with van der Waals surface area (Å²) >= 11 is 0. The Morgan fingerprint density at radius 3 is 2.38 bits per heavy atom. The number of hydrogen-bond acceptors (Lipinski definition) is 5. The van der Waals surface area contributed by atoms with Crippen molar-refractivity contribution in [2.75, 3.05) is 5.32 Å². The van der Waals surface area contributed by atoms with E-state index in [1.54, 1.807) is 6.20 Å². The van der Waals surface area contributed by atoms with Crippen molar-refractivity contribution >= 4 is 11.5 Å². The lowest BCUT2D eigenvalue weighted by molar-refractivity contribution is -0.137. The molecule has 6 nitrogen and oxygen atoms in total. The van der Waals surface area contributed by atoms with E-state index in [2.05, 4.69) is 20.4 Å². The van der Waals surface area contributed by atoms with Crippen LogP contribution in [0.5, 0.6) is 0 Å². The number of anilines is 2. The molecule has 0 bridgehead atoms. The van der Waals surface area contributed by atoms with Crippen molar-refractivity contribution in [2.24, 2.45) is 0 Å². The number of rotatable bonds is 3. The highest BCUT2D eigenvalue weighted by molar-refractivity contribution is 5.54. The zero-order chi connectivity index (χ0) is 17.2. The Morgan fingerprint density at radius 2 is 1.79 bits per heavy atom. The molecule has 3 rings (SSSR count). The summed E-state index contributed by atoms with van der Waals surface area (Å²) in [6.45, 7) is 0. The summed E-state index contributed by atoms with van der Waals surface area (Å²) < 4.78 is 39.1. The van der Waals surface area contributed by atoms with Gasteiger partial charge in [0.1, 0.15) is 11.9 Å². The number of benzene rings is 1. The Hall–Kier alpha value is -3.41. The Kier molecular flexibility index (Phi) is 3.87. The van der Waals surface area contributed by atoms with Gasteiger partial charge in [0.15, 0.2) is 5.69 Å². The van der Waals surface area contributed by atoms with Crippen LogP contribution in [0.1, 0.15) is 11.3 Å². The van der Waals surface area contributed by atoms with Crippen LogP contribution in [-0.2, 0) is 6.18 Å². The normalized spacial score (nSPS) is 11.1. The fourth-order valence-corrected chi connectivity index (χ4v) is 1.93. The third kappa shape index (κ3) is 3.33. The monoisotopic (exact) mass is 330 g/mol. The third-order valence-electron chi connectivity index (χ3n) is 3.08. The van der Waals surface area contributed by atoms with Crippen LogP contribution < -0.4 is 5.32 Å². The Bertz CT molecular complexity index is 875. The second-order valence-corrected chi connectivity index (χ2v) is 4.74. The van der Waals surface area contributed by atoms with Crippen molar-refractivity contribution in [3.05, 3.63) is 60.3 Å². The van der Waals surface area contributed by atoms with E-state index in [-0.39, 0.29) is 5.69 Å². The van der Waals surface area contributed by atoms with Crippen LogP contribution in [0, 0.1) is 11.3 Å². The molecule has 0 spiro atoms. The number of aromatic nitrogens is 4. The molecule has 24 heavy (non-hydrogen) atoms. The van der Waals surface area contributed by atoms with Gasteiger partial charge in [-0.25, -0.2) is 14.6 Å². The number of alkyl halides is 3. The van der Waals surface area contributed by atoms with Crippen LogP contribution in [0.25, 0.3) is 5.69 Å². The molecule has 9 heteroatoms. The smallest absolute Gasteiger partial charge is 0.336 e. The lowest BCUT2D eigenvalue weighted by Gasteiger charge is -2.07. The molecule has 0 amide bonds. The molecule has 0 saturated heterocycles. The average Bonchev–Trinajstić information content (AvgIpc) is 3.03. The maximum atomic E-state index is 12.6. The number of hydrogen-bond donors (Lipinski definition) is 1. The van der Waals surface area contributed by atoms with Gasteiger partial charge in [-0.15, -0.1) is 0 Å². The van der Waals surface area contributed by atoms with Crippen molar-refractivity contribution in [1.82, 2.24) is 19.7 Å². The first-order valence-corrected chi connectivity index (χ1v) is 6.67. The number of nitrogens with zero attached hydrogens (tertiary/aromatic N) is 5. The van der Waals surface area contributed by atoms with Gasteiger partial charge in [0, 0.05) is 0 Å². The maximum absolute atomic E-state index is 12.6. The molecule has 2 heterocycles. The molecular formula is C15H9F3N6. The SMILES string of the molecule is N#Cc1cnc(Nc2cnn(-c3ccc(C(F)(F)F)cc3)c2)cn1. The van der Waals surface area contributed by atoms with E-state index < -0.39 is 11.7 Å². The van der Waals surface area contributed by atoms with Gasteiger partial charge in [-0.2, -0.15) is 23.5 Å². The highest BCUT2D eigenvalue weighted by Gasteiger charge is 2.30. The Labute approximate surface area is 134 Å². The van der Waals surface area contributed by atoms with Crippen LogP contribution >= 0.6 is 0 Å². The molecule has 0 atom stereocenters. The van der Waals surface area contributed by atoms with Crippen molar-refractivity contribution in [1.29, 1.82) is 5.26 Å². The zero-order valence-corrected chi connectivity index (χ0v) is 12.0. The molecule has 120 valence electrons. The largest absolute Gasteiger partial charge is 0.416 e. The molecule has 0 unspecified atom stereocenters. The minimum absolute atomic E-state index is 0.195. The Morgan fingerprint density at radius 1 is 1.04 bits per heavy atom. The predicted molar refractivity (Wildman–Crippen MR) is 78.6 cm³/mol. The van der Waals surface area contributed by atoms with Crippen LogP contribution in [0.2, 0.25) is 0 Å². The van der Waals surface area contributed by atoms with Gasteiger partial charge >= 0.3 is 6.18 Å². The molecule has 1 N–H and O–H groups in total. The summed E-state index contributed by atoms with van der Waals surface area (Å²) in [7, 11) is 0. The van der Waals surface area contributed by atoms with Crippen LogP contribution in [-0.4, -0.2) is 19.7 Å². The van der Waals surface area contributed by atoms with E-state index >= 15 is 0 Å². The second-order valence-electron chi connectivity index (χ2n) is 4.74. The molecule has 0 radical (unpaired) electrons. The minimum Gasteiger partial charge on any atom is -0.336 e. The van der Waals surface area contributed by atoms with Gasteiger partial charge in [-0.1, -0.05) is 0 Å². The summed E-state index contributed by atoms with van der Waals surface area (Å²) in [6.07, 6.45) is 1.44. The molecule has 0 saturated carbocycles. The van der Waals surface area contributed by atoms with E-state index in [4.69, 9.17) is 5.26 Å². The Balaban J connectivity index is 1.76. The van der Waals surface area contributed by atoms with E-state index in [1.165, 1.54) is 35.4 Å². The topological polar surface area (TPSA) is 79.4 Å². The number of halogens is 3. The van der Waals surface area contributed by atoms with Crippen LogP contribution in [0.3, 0.4) is 0 Å². The van der Waals surface area contributed by atoms with Gasteiger partial charge in [-0.05, 0) is 24.3 Å². The summed E-state index contributed by atoms with van der Waals surface area (Å²) in [5.74, 6) is 0.418. The van der Waals surface area contributed by atoms with Crippen molar-refractivity contribution in [3.8, 4) is 11.8 Å². The van der Waals surface area contributed by atoms with Gasteiger partial charge in [-0.3, -0.25) is 0 Å². The highest BCUT2D eigenvalue weighted by Crippen LogP contribution is 2.29. The lowest BCUT2D eigenvalue weighted by atomic mass is 10.2. The van der Waals surface area contributed by atoms with E-state index in [9.17, 15) is 13.2 Å². The average molecular weight is 330 g/mol. The van der Waals surface area contributed by atoms with E-state index in [1.807, 2.05) is 6.07 Å². The van der Waals surface area contributed by atoms with Crippen LogP contribution in [0.15, 0.2) is 49.1 Å². The van der Waals surface area contributed by atoms with Crippen molar-refractivity contribution < 1.29 is 13.2 Å². The molecule has 3 aromatic rings. The fraction of sp³-hybridized carbons (Fsp3) is 0.0667. The van der Waals surface area contributed by atoms with E-state index in [0.29, 0.717) is 17.2 Å². The first kappa shape index (κ1) is 15.5. The summed E-state index contributed by atoms with van der Waals surface area (Å²) in [6, 6.07) is 6.52. The lowest BCUT2D eigenvalue weighted by Crippen LogP contribution is -2.05. The van der Waals surface area contributed by atoms with Gasteiger partial charge < -0.3 is 5.32 Å². The molecular weight excluding hydrogens is 321 g/mol. The zero-order valence-electron chi connectivity index (χ0n) is 12.0. The van der Waals surface area contributed by atoms with Gasteiger partial charge in [0.2, 0.25) is 0 Å². The summed E-state index contributed by atoms with van der Waals surface area (Å²) in [4.78, 5) is 7.88. The molecule has 1 aromatic carbocycles. The fourth-order valence-electron chi connectivity index (χ4n) is 1.93. The number of nitriles is 1. The molecule has 0 aliphatic carbocycles. The van der Waals surface area contributed by atoms with Crippen LogP contribution in [0.4, 0.5) is 24.7 Å². The molecule has 0 fully saturated rings. The standard InChI is InChI=1S/C15H9F3N6/c16-15(17,18)10-1-3-13(4-2-10)24-9-12(7-22-24)23-14-8-20-11(5-19)6-21-14/h1-4,6-9H,(H,21,23). The maximum Gasteiger partial charge on any atom is 0.416 e. The summed E-state index contributed by atoms with van der Waals surface area (Å²) in [5, 5.41) is 15.7. The van der Waals surface area contributed by atoms with Crippen molar-refractivity contribution in [2.45, 2.75) is 6.18 Å². The van der Waals surface area contributed by atoms with Gasteiger partial charge in [0.05, 0.1) is 41.7 Å². The molecule has 0 aliphatic rings. The minimum atomic E-state index is -4.37. The highest BCUT2D eigenvalue weighted by atomic mass is 19.4. The van der Waals surface area contributed by atoms with Crippen molar-refractivity contribution in [3.63, 3.8) is 0 Å². The third-order valence-corrected chi connectivity index (χ3v) is 3.08. The molecule has 0 aliphatic heterocycles. The first-order chi connectivity index (χ1) is 11.5. The predicted octanol–water partition coefficient (Wildman–Crippen LogP) is 3.30. The molecule has 2 aromatic heterocycles. The second kappa shape index (κ2) is 6.00. The first-order valence-electron chi connectivity index (χ1n) is 6.67. The summed E-state index contributed by atoms with van der Waals surface area (Å²) in [5.41, 5.74) is 0.543. The van der Waals surface area contributed by atoms with Gasteiger partial charge in [0.25, 0.3) is 0 Å². The number of nitrogens with one attached hydrogen (secondary N) is 1.